The van der Waals surface area contributed by atoms with E-state index < -0.39 is 9.84 Å². The lowest BCUT2D eigenvalue weighted by Gasteiger charge is -2.21. The van der Waals surface area contributed by atoms with Crippen LogP contribution in [0.3, 0.4) is 0 Å². The van der Waals surface area contributed by atoms with Gasteiger partial charge in [-0.3, -0.25) is 4.79 Å². The molecule has 1 aliphatic heterocycles. The third kappa shape index (κ3) is 2.61. The summed E-state index contributed by atoms with van der Waals surface area (Å²) in [5.41, 5.74) is 6.66. The smallest absolute Gasteiger partial charge is 0.209 e. The lowest BCUT2D eigenvalue weighted by molar-refractivity contribution is 0.103. The number of nitrogens with two attached hydrogens (primary N) is 1. The monoisotopic (exact) mass is 401 g/mol. The number of sulfone groups is 1. The first-order valence-corrected chi connectivity index (χ1v) is 10.3. The first-order valence-electron chi connectivity index (χ1n) is 7.64. The molecule has 3 aromatic carbocycles. The number of hydrogen-bond donors (Lipinski definition) is 1. The van der Waals surface area contributed by atoms with Crippen molar-refractivity contribution in [1.82, 2.24) is 0 Å². The number of carbonyl (C=O) groups excluding carboxylic acids is 1. The summed E-state index contributed by atoms with van der Waals surface area (Å²) in [6, 6.07) is 16.6. The van der Waals surface area contributed by atoms with Crippen molar-refractivity contribution in [2.75, 3.05) is 5.73 Å². The van der Waals surface area contributed by atoms with Gasteiger partial charge in [-0.15, -0.1) is 0 Å². The Kier molecular flexibility index (Phi) is 4.06. The van der Waals surface area contributed by atoms with Crippen molar-refractivity contribution in [2.45, 2.75) is 19.6 Å². The van der Waals surface area contributed by atoms with Crippen LogP contribution in [-0.2, 0) is 9.84 Å². The lowest BCUT2D eigenvalue weighted by atomic mass is 10.0. The molecule has 0 saturated heterocycles. The standard InChI is InChI=1S/C19H12ClNO3S2/c20-17-15(25-12-5-3-4-11(21)10-12)9-8-14-18(22)13-6-1-2-7-16(13)26(23,24)19(14)17/h1-10H,21H2. The van der Waals surface area contributed by atoms with Crippen LogP contribution in [0.4, 0.5) is 5.69 Å². The summed E-state index contributed by atoms with van der Waals surface area (Å²) in [6.07, 6.45) is 0. The van der Waals surface area contributed by atoms with Crippen LogP contribution >= 0.6 is 23.4 Å². The number of halogens is 1. The van der Waals surface area contributed by atoms with Gasteiger partial charge in [0.2, 0.25) is 9.84 Å². The van der Waals surface area contributed by atoms with Gasteiger partial charge in [0.15, 0.2) is 5.78 Å². The van der Waals surface area contributed by atoms with E-state index in [9.17, 15) is 13.2 Å². The largest absolute Gasteiger partial charge is 0.399 e. The van der Waals surface area contributed by atoms with Crippen LogP contribution in [0.15, 0.2) is 80.2 Å². The second kappa shape index (κ2) is 6.16. The zero-order valence-electron chi connectivity index (χ0n) is 13.3. The van der Waals surface area contributed by atoms with Crippen molar-refractivity contribution in [3.63, 3.8) is 0 Å². The van der Waals surface area contributed by atoms with Gasteiger partial charge in [-0.1, -0.05) is 41.6 Å². The van der Waals surface area contributed by atoms with Gasteiger partial charge in [0.05, 0.1) is 9.92 Å². The highest BCUT2D eigenvalue weighted by Crippen LogP contribution is 2.44. The van der Waals surface area contributed by atoms with Gasteiger partial charge in [0, 0.05) is 26.6 Å². The minimum atomic E-state index is -3.88. The Bertz CT molecular complexity index is 1170. The zero-order chi connectivity index (χ0) is 18.5. The molecule has 130 valence electrons. The maximum absolute atomic E-state index is 13.1. The van der Waals surface area contributed by atoms with Crippen molar-refractivity contribution in [3.05, 3.63) is 76.8 Å². The summed E-state index contributed by atoms with van der Waals surface area (Å²) in [5.74, 6) is -0.340. The van der Waals surface area contributed by atoms with Gasteiger partial charge < -0.3 is 5.73 Å². The molecule has 0 unspecified atom stereocenters. The zero-order valence-corrected chi connectivity index (χ0v) is 15.7. The molecule has 0 atom stereocenters. The minimum Gasteiger partial charge on any atom is -0.399 e. The molecular weight excluding hydrogens is 390 g/mol. The minimum absolute atomic E-state index is 0.00879. The van der Waals surface area contributed by atoms with Crippen molar-refractivity contribution >= 4 is 44.7 Å². The molecule has 4 rings (SSSR count). The van der Waals surface area contributed by atoms with Crippen LogP contribution in [-0.4, -0.2) is 14.2 Å². The van der Waals surface area contributed by atoms with E-state index in [-0.39, 0.29) is 31.7 Å². The van der Waals surface area contributed by atoms with Crippen LogP contribution in [0, 0.1) is 0 Å². The number of fused-ring (bicyclic) bond motifs is 2. The maximum Gasteiger partial charge on any atom is 0.209 e. The highest BCUT2D eigenvalue weighted by molar-refractivity contribution is 7.99. The molecule has 3 aromatic rings. The van der Waals surface area contributed by atoms with E-state index in [1.807, 2.05) is 6.07 Å². The Labute approximate surface area is 159 Å². The topological polar surface area (TPSA) is 77.2 Å². The summed E-state index contributed by atoms with van der Waals surface area (Å²) in [6.45, 7) is 0. The van der Waals surface area contributed by atoms with Gasteiger partial charge in [-0.25, -0.2) is 8.42 Å². The maximum atomic E-state index is 13.1. The normalized spacial score (nSPS) is 14.6. The number of benzene rings is 3. The number of ketones is 1. The fourth-order valence-electron chi connectivity index (χ4n) is 2.91. The van der Waals surface area contributed by atoms with Gasteiger partial charge in [-0.2, -0.15) is 0 Å². The van der Waals surface area contributed by atoms with Crippen LogP contribution in [0.5, 0.6) is 0 Å². The summed E-state index contributed by atoms with van der Waals surface area (Å²) in [4.78, 5) is 14.0. The Hall–Kier alpha value is -2.28. The fourth-order valence-corrected chi connectivity index (χ4v) is 6.20. The first-order chi connectivity index (χ1) is 12.4. The molecule has 4 nitrogen and oxygen atoms in total. The third-order valence-electron chi connectivity index (χ3n) is 4.08. The number of carbonyl (C=O) groups is 1. The van der Waals surface area contributed by atoms with E-state index in [0.717, 1.165) is 4.90 Å². The van der Waals surface area contributed by atoms with Gasteiger partial charge in [0.1, 0.15) is 4.90 Å². The number of anilines is 1. The molecule has 26 heavy (non-hydrogen) atoms. The molecule has 0 amide bonds. The molecule has 7 heteroatoms. The van der Waals surface area contributed by atoms with E-state index in [1.165, 1.54) is 30.0 Å². The fraction of sp³-hybridized carbons (Fsp3) is 0. The van der Waals surface area contributed by atoms with Crippen LogP contribution in [0.2, 0.25) is 5.02 Å². The molecule has 0 fully saturated rings. The Morgan fingerprint density at radius 1 is 0.923 bits per heavy atom. The van der Waals surface area contributed by atoms with Crippen LogP contribution < -0.4 is 5.73 Å². The van der Waals surface area contributed by atoms with Gasteiger partial charge >= 0.3 is 0 Å². The van der Waals surface area contributed by atoms with E-state index in [4.69, 9.17) is 17.3 Å². The Morgan fingerprint density at radius 2 is 1.69 bits per heavy atom. The van der Waals surface area contributed by atoms with Crippen molar-refractivity contribution in [2.24, 2.45) is 0 Å². The van der Waals surface area contributed by atoms with E-state index >= 15 is 0 Å². The molecule has 0 radical (unpaired) electrons. The Morgan fingerprint density at radius 3 is 2.46 bits per heavy atom. The average Bonchev–Trinajstić information content (AvgIpc) is 2.61. The third-order valence-corrected chi connectivity index (χ3v) is 7.65. The predicted octanol–water partition coefficient (Wildman–Crippen LogP) is 4.45. The summed E-state index contributed by atoms with van der Waals surface area (Å²) >= 11 is 7.75. The number of hydrogen-bond acceptors (Lipinski definition) is 5. The molecule has 0 aromatic heterocycles. The van der Waals surface area contributed by atoms with Gasteiger partial charge in [-0.05, 0) is 42.5 Å². The molecule has 1 aliphatic rings. The summed E-state index contributed by atoms with van der Waals surface area (Å²) in [7, 11) is -3.88. The molecular formula is C19H12ClNO3S2. The van der Waals surface area contributed by atoms with Crippen molar-refractivity contribution in [1.29, 1.82) is 0 Å². The molecule has 2 N–H and O–H groups in total. The number of rotatable bonds is 2. The second-order valence-corrected chi connectivity index (χ2v) is 9.11. The molecule has 1 heterocycles. The van der Waals surface area contributed by atoms with Gasteiger partial charge in [0.25, 0.3) is 0 Å². The Balaban J connectivity index is 1.90. The molecule has 0 aliphatic carbocycles. The molecule has 0 bridgehead atoms. The first kappa shape index (κ1) is 17.1. The quantitative estimate of drug-likeness (QED) is 0.502. The van der Waals surface area contributed by atoms with E-state index in [2.05, 4.69) is 0 Å². The lowest BCUT2D eigenvalue weighted by Crippen LogP contribution is -2.20. The van der Waals surface area contributed by atoms with Crippen molar-refractivity contribution in [3.8, 4) is 0 Å². The predicted molar refractivity (Wildman–Crippen MR) is 102 cm³/mol. The highest BCUT2D eigenvalue weighted by Gasteiger charge is 2.37. The summed E-state index contributed by atoms with van der Waals surface area (Å²) in [5, 5.41) is 0.0535. The SMILES string of the molecule is Nc1cccc(Sc2ccc3c(c2Cl)S(=O)(=O)c2ccccc2C3=O)c1. The summed E-state index contributed by atoms with van der Waals surface area (Å²) < 4.78 is 26.1. The van der Waals surface area contributed by atoms with E-state index in [1.54, 1.807) is 36.4 Å². The van der Waals surface area contributed by atoms with Crippen LogP contribution in [0.25, 0.3) is 0 Å². The van der Waals surface area contributed by atoms with Crippen molar-refractivity contribution < 1.29 is 13.2 Å². The molecule has 0 spiro atoms. The molecule has 0 saturated carbocycles. The van der Waals surface area contributed by atoms with E-state index in [0.29, 0.717) is 10.6 Å². The highest BCUT2D eigenvalue weighted by atomic mass is 35.5. The number of nitrogen functional groups attached to an aromatic ring is 1. The second-order valence-electron chi connectivity index (χ2n) is 5.76. The van der Waals surface area contributed by atoms with Crippen LogP contribution in [0.1, 0.15) is 15.9 Å². The average molecular weight is 402 g/mol.